The molecule has 0 fully saturated rings. The SMILES string of the molecule is Cc1cc(C)n(-c2ccc(Br)cn2)n1. The molecule has 0 spiro atoms. The molecule has 2 heterocycles. The van der Waals surface area contributed by atoms with E-state index in [2.05, 4.69) is 26.0 Å². The third-order valence-electron chi connectivity index (χ3n) is 1.94. The van der Waals surface area contributed by atoms with Crippen LogP contribution >= 0.6 is 15.9 Å². The Balaban J connectivity index is 2.49. The Kier molecular flexibility index (Phi) is 2.37. The van der Waals surface area contributed by atoms with E-state index in [9.17, 15) is 0 Å². The van der Waals surface area contributed by atoms with Crippen LogP contribution in [0, 0.1) is 13.8 Å². The molecule has 0 N–H and O–H groups in total. The van der Waals surface area contributed by atoms with Gasteiger partial charge >= 0.3 is 0 Å². The van der Waals surface area contributed by atoms with E-state index < -0.39 is 0 Å². The normalized spacial score (nSPS) is 10.5. The fourth-order valence-corrected chi connectivity index (χ4v) is 1.59. The summed E-state index contributed by atoms with van der Waals surface area (Å²) in [5.41, 5.74) is 2.10. The Morgan fingerprint density at radius 3 is 2.57 bits per heavy atom. The number of hydrogen-bond donors (Lipinski definition) is 0. The Bertz CT molecular complexity index is 445. The molecule has 2 rings (SSSR count). The summed E-state index contributed by atoms with van der Waals surface area (Å²) in [6.07, 6.45) is 1.77. The summed E-state index contributed by atoms with van der Waals surface area (Å²) in [5, 5.41) is 4.35. The molecule has 0 saturated heterocycles. The molecule has 0 amide bonds. The number of hydrogen-bond acceptors (Lipinski definition) is 2. The Labute approximate surface area is 90.9 Å². The minimum atomic E-state index is 0.846. The molecule has 0 atom stereocenters. The molecule has 0 aliphatic carbocycles. The summed E-state index contributed by atoms with van der Waals surface area (Å²) in [7, 11) is 0. The van der Waals surface area contributed by atoms with Gasteiger partial charge in [0, 0.05) is 16.4 Å². The van der Waals surface area contributed by atoms with Crippen molar-refractivity contribution < 1.29 is 0 Å². The van der Waals surface area contributed by atoms with Crippen LogP contribution in [0.2, 0.25) is 0 Å². The molecule has 0 aromatic carbocycles. The van der Waals surface area contributed by atoms with Gasteiger partial charge in [-0.05, 0) is 48.0 Å². The van der Waals surface area contributed by atoms with Crippen molar-refractivity contribution in [2.75, 3.05) is 0 Å². The van der Waals surface area contributed by atoms with Gasteiger partial charge in [-0.15, -0.1) is 0 Å². The first-order valence-corrected chi connectivity index (χ1v) is 5.11. The van der Waals surface area contributed by atoms with Gasteiger partial charge in [-0.2, -0.15) is 5.10 Å². The van der Waals surface area contributed by atoms with Crippen molar-refractivity contribution in [3.05, 3.63) is 40.3 Å². The molecule has 0 bridgehead atoms. The fourth-order valence-electron chi connectivity index (χ4n) is 1.35. The van der Waals surface area contributed by atoms with E-state index in [4.69, 9.17) is 0 Å². The predicted octanol–water partition coefficient (Wildman–Crippen LogP) is 2.65. The first-order chi connectivity index (χ1) is 6.66. The highest BCUT2D eigenvalue weighted by molar-refractivity contribution is 9.10. The van der Waals surface area contributed by atoms with Crippen molar-refractivity contribution in [2.45, 2.75) is 13.8 Å². The smallest absolute Gasteiger partial charge is 0.153 e. The second kappa shape index (κ2) is 3.53. The fraction of sp³-hybridized carbons (Fsp3) is 0.200. The van der Waals surface area contributed by atoms with Crippen LogP contribution in [0.1, 0.15) is 11.4 Å². The molecule has 0 radical (unpaired) electrons. The minimum Gasteiger partial charge on any atom is -0.236 e. The number of halogens is 1. The number of aromatic nitrogens is 3. The molecule has 72 valence electrons. The molecule has 2 aromatic rings. The van der Waals surface area contributed by atoms with Gasteiger partial charge < -0.3 is 0 Å². The van der Waals surface area contributed by atoms with E-state index in [1.54, 1.807) is 6.20 Å². The Morgan fingerprint density at radius 1 is 1.29 bits per heavy atom. The molecular formula is C10H10BrN3. The summed E-state index contributed by atoms with van der Waals surface area (Å²) in [6, 6.07) is 5.92. The molecule has 0 saturated carbocycles. The van der Waals surface area contributed by atoms with E-state index in [1.165, 1.54) is 0 Å². The van der Waals surface area contributed by atoms with Crippen LogP contribution in [0.4, 0.5) is 0 Å². The molecular weight excluding hydrogens is 242 g/mol. The Hall–Kier alpha value is -1.16. The minimum absolute atomic E-state index is 0.846. The van der Waals surface area contributed by atoms with E-state index in [0.29, 0.717) is 0 Å². The maximum Gasteiger partial charge on any atom is 0.153 e. The zero-order chi connectivity index (χ0) is 10.1. The molecule has 0 aliphatic heterocycles. The van der Waals surface area contributed by atoms with Gasteiger partial charge in [-0.25, -0.2) is 9.67 Å². The lowest BCUT2D eigenvalue weighted by Gasteiger charge is -2.02. The third-order valence-corrected chi connectivity index (χ3v) is 2.41. The summed E-state index contributed by atoms with van der Waals surface area (Å²) < 4.78 is 2.81. The first-order valence-electron chi connectivity index (χ1n) is 4.32. The highest BCUT2D eigenvalue weighted by atomic mass is 79.9. The average Bonchev–Trinajstić information content (AvgIpc) is 2.47. The topological polar surface area (TPSA) is 30.7 Å². The molecule has 14 heavy (non-hydrogen) atoms. The van der Waals surface area contributed by atoms with Crippen LogP contribution in [0.25, 0.3) is 5.82 Å². The molecule has 0 aliphatic rings. The van der Waals surface area contributed by atoms with Crippen LogP contribution in [0.5, 0.6) is 0 Å². The van der Waals surface area contributed by atoms with Crippen LogP contribution in [0.3, 0.4) is 0 Å². The summed E-state index contributed by atoms with van der Waals surface area (Å²) in [6.45, 7) is 3.99. The molecule has 4 heteroatoms. The lowest BCUT2D eigenvalue weighted by atomic mass is 10.4. The average molecular weight is 252 g/mol. The first kappa shape index (κ1) is 9.40. The maximum atomic E-state index is 4.35. The van der Waals surface area contributed by atoms with Crippen LogP contribution in [-0.4, -0.2) is 14.8 Å². The largest absolute Gasteiger partial charge is 0.236 e. The van der Waals surface area contributed by atoms with E-state index in [1.807, 2.05) is 36.7 Å². The second-order valence-electron chi connectivity index (χ2n) is 3.17. The Morgan fingerprint density at radius 2 is 2.07 bits per heavy atom. The van der Waals surface area contributed by atoms with Crippen LogP contribution in [0.15, 0.2) is 28.9 Å². The summed E-state index contributed by atoms with van der Waals surface area (Å²) in [5.74, 6) is 0.846. The van der Waals surface area contributed by atoms with Crippen molar-refractivity contribution in [1.29, 1.82) is 0 Å². The third kappa shape index (κ3) is 1.70. The van der Waals surface area contributed by atoms with Gasteiger partial charge in [-0.1, -0.05) is 0 Å². The summed E-state index contributed by atoms with van der Waals surface area (Å²) in [4.78, 5) is 4.28. The zero-order valence-corrected chi connectivity index (χ0v) is 9.62. The van der Waals surface area contributed by atoms with Crippen molar-refractivity contribution in [3.8, 4) is 5.82 Å². The van der Waals surface area contributed by atoms with Crippen LogP contribution < -0.4 is 0 Å². The van der Waals surface area contributed by atoms with Gasteiger partial charge in [0.25, 0.3) is 0 Å². The molecule has 0 unspecified atom stereocenters. The predicted molar refractivity (Wildman–Crippen MR) is 58.5 cm³/mol. The maximum absolute atomic E-state index is 4.35. The summed E-state index contributed by atoms with van der Waals surface area (Å²) >= 11 is 3.35. The van der Waals surface area contributed by atoms with Gasteiger partial charge in [0.05, 0.1) is 5.69 Å². The van der Waals surface area contributed by atoms with Crippen molar-refractivity contribution in [2.24, 2.45) is 0 Å². The van der Waals surface area contributed by atoms with Crippen molar-refractivity contribution in [3.63, 3.8) is 0 Å². The number of aryl methyl sites for hydroxylation is 2. The number of nitrogens with zero attached hydrogens (tertiary/aromatic N) is 3. The number of pyridine rings is 1. The van der Waals surface area contributed by atoms with Crippen LogP contribution in [-0.2, 0) is 0 Å². The molecule has 3 nitrogen and oxygen atoms in total. The van der Waals surface area contributed by atoms with Crippen molar-refractivity contribution >= 4 is 15.9 Å². The van der Waals surface area contributed by atoms with E-state index >= 15 is 0 Å². The lowest BCUT2D eigenvalue weighted by Crippen LogP contribution is -2.01. The van der Waals surface area contributed by atoms with Gasteiger partial charge in [-0.3, -0.25) is 0 Å². The van der Waals surface area contributed by atoms with Gasteiger partial charge in [0.1, 0.15) is 0 Å². The highest BCUT2D eigenvalue weighted by Gasteiger charge is 2.03. The molecule has 2 aromatic heterocycles. The quantitative estimate of drug-likeness (QED) is 0.781. The van der Waals surface area contributed by atoms with E-state index in [-0.39, 0.29) is 0 Å². The number of rotatable bonds is 1. The monoisotopic (exact) mass is 251 g/mol. The lowest BCUT2D eigenvalue weighted by molar-refractivity contribution is 0.805. The van der Waals surface area contributed by atoms with Gasteiger partial charge in [0.2, 0.25) is 0 Å². The standard InChI is InChI=1S/C10H10BrN3/c1-7-5-8(2)14(13-7)10-4-3-9(11)6-12-10/h3-6H,1-2H3. The van der Waals surface area contributed by atoms with Gasteiger partial charge in [0.15, 0.2) is 5.82 Å². The van der Waals surface area contributed by atoms with E-state index in [0.717, 1.165) is 21.7 Å². The highest BCUT2D eigenvalue weighted by Crippen LogP contribution is 2.12. The van der Waals surface area contributed by atoms with Crippen molar-refractivity contribution in [1.82, 2.24) is 14.8 Å². The zero-order valence-electron chi connectivity index (χ0n) is 8.03. The second-order valence-corrected chi connectivity index (χ2v) is 4.09.